The molecule has 3 nitrogen and oxygen atoms in total. The highest BCUT2D eigenvalue weighted by Crippen LogP contribution is 2.15. The molecule has 14 heavy (non-hydrogen) atoms. The van der Waals surface area contributed by atoms with E-state index in [2.05, 4.69) is 23.6 Å². The Hall–Kier alpha value is -0.120. The van der Waals surface area contributed by atoms with Crippen LogP contribution in [0.1, 0.15) is 13.8 Å². The SMILES string of the molecule is CC(C)COCC1CN2CCN1CC2. The van der Waals surface area contributed by atoms with Gasteiger partial charge in [-0.3, -0.25) is 9.80 Å². The highest BCUT2D eigenvalue weighted by molar-refractivity contribution is 4.87. The largest absolute Gasteiger partial charge is 0.380 e. The van der Waals surface area contributed by atoms with Crippen molar-refractivity contribution in [2.45, 2.75) is 19.9 Å². The van der Waals surface area contributed by atoms with Crippen molar-refractivity contribution in [2.24, 2.45) is 5.92 Å². The maximum atomic E-state index is 5.72. The quantitative estimate of drug-likeness (QED) is 0.660. The van der Waals surface area contributed by atoms with E-state index >= 15 is 0 Å². The van der Waals surface area contributed by atoms with Crippen LogP contribution < -0.4 is 0 Å². The molecule has 82 valence electrons. The predicted molar refractivity (Wildman–Crippen MR) is 57.5 cm³/mol. The second-order valence-electron chi connectivity index (χ2n) is 4.92. The first-order valence-corrected chi connectivity index (χ1v) is 5.80. The molecule has 3 saturated heterocycles. The average Bonchev–Trinajstić information content (AvgIpc) is 2.19. The lowest BCUT2D eigenvalue weighted by atomic mass is 10.1. The van der Waals surface area contributed by atoms with E-state index in [9.17, 15) is 0 Å². The third kappa shape index (κ3) is 2.47. The van der Waals surface area contributed by atoms with E-state index in [-0.39, 0.29) is 0 Å². The van der Waals surface area contributed by atoms with Gasteiger partial charge in [0.15, 0.2) is 0 Å². The standard InChI is InChI=1S/C11H22N2O/c1-10(2)8-14-9-11-7-12-3-5-13(11)6-4-12/h10-11H,3-9H2,1-2H3. The van der Waals surface area contributed by atoms with Crippen molar-refractivity contribution in [1.29, 1.82) is 0 Å². The molecular formula is C11H22N2O. The molecule has 2 bridgehead atoms. The average molecular weight is 198 g/mol. The van der Waals surface area contributed by atoms with Crippen molar-refractivity contribution < 1.29 is 4.74 Å². The molecule has 3 aliphatic rings. The van der Waals surface area contributed by atoms with Crippen LogP contribution in [-0.2, 0) is 4.74 Å². The van der Waals surface area contributed by atoms with Gasteiger partial charge in [0.2, 0.25) is 0 Å². The number of piperazine rings is 3. The van der Waals surface area contributed by atoms with Crippen molar-refractivity contribution in [1.82, 2.24) is 9.80 Å². The molecule has 0 radical (unpaired) electrons. The van der Waals surface area contributed by atoms with E-state index in [0.29, 0.717) is 12.0 Å². The van der Waals surface area contributed by atoms with Crippen molar-refractivity contribution >= 4 is 0 Å². The number of hydrogen-bond donors (Lipinski definition) is 0. The summed E-state index contributed by atoms with van der Waals surface area (Å²) in [6.45, 7) is 12.5. The van der Waals surface area contributed by atoms with Gasteiger partial charge in [-0.25, -0.2) is 0 Å². The molecule has 0 N–H and O–H groups in total. The minimum atomic E-state index is 0.658. The van der Waals surface area contributed by atoms with E-state index in [1.807, 2.05) is 0 Å². The highest BCUT2D eigenvalue weighted by Gasteiger charge is 2.31. The maximum absolute atomic E-state index is 5.72. The molecule has 3 heterocycles. The first kappa shape index (κ1) is 10.4. The number of nitrogens with zero attached hydrogens (tertiary/aromatic N) is 2. The zero-order valence-corrected chi connectivity index (χ0v) is 9.41. The molecule has 0 aromatic heterocycles. The lowest BCUT2D eigenvalue weighted by Gasteiger charge is -2.47. The Labute approximate surface area is 87.0 Å². The van der Waals surface area contributed by atoms with Crippen LogP contribution in [0.2, 0.25) is 0 Å². The topological polar surface area (TPSA) is 15.7 Å². The van der Waals surface area contributed by atoms with Crippen LogP contribution in [0.4, 0.5) is 0 Å². The fourth-order valence-electron chi connectivity index (χ4n) is 2.32. The van der Waals surface area contributed by atoms with Crippen molar-refractivity contribution in [3.05, 3.63) is 0 Å². The van der Waals surface area contributed by atoms with Gasteiger partial charge in [-0.2, -0.15) is 0 Å². The summed E-state index contributed by atoms with van der Waals surface area (Å²) < 4.78 is 5.72. The monoisotopic (exact) mass is 198 g/mol. The molecule has 1 atom stereocenters. The molecule has 3 aliphatic heterocycles. The zero-order chi connectivity index (χ0) is 9.97. The normalized spacial score (nSPS) is 36.6. The molecule has 0 aromatic carbocycles. The molecule has 0 aliphatic carbocycles. The van der Waals surface area contributed by atoms with Gasteiger partial charge in [0.1, 0.15) is 0 Å². The van der Waals surface area contributed by atoms with E-state index in [0.717, 1.165) is 13.2 Å². The Morgan fingerprint density at radius 1 is 1.21 bits per heavy atom. The molecule has 1 unspecified atom stereocenters. The summed E-state index contributed by atoms with van der Waals surface area (Å²) in [7, 11) is 0. The number of fused-ring (bicyclic) bond motifs is 3. The Kier molecular flexibility index (Phi) is 3.42. The Balaban J connectivity index is 1.71. The Bertz CT molecular complexity index is 176. The third-order valence-electron chi connectivity index (χ3n) is 3.15. The molecule has 3 fully saturated rings. The van der Waals surface area contributed by atoms with E-state index in [4.69, 9.17) is 4.74 Å². The molecule has 0 spiro atoms. The zero-order valence-electron chi connectivity index (χ0n) is 9.41. The molecule has 0 saturated carbocycles. The summed E-state index contributed by atoms with van der Waals surface area (Å²) in [4.78, 5) is 5.14. The Morgan fingerprint density at radius 2 is 1.93 bits per heavy atom. The van der Waals surface area contributed by atoms with Crippen molar-refractivity contribution in [3.63, 3.8) is 0 Å². The van der Waals surface area contributed by atoms with Crippen molar-refractivity contribution in [3.8, 4) is 0 Å². The highest BCUT2D eigenvalue weighted by atomic mass is 16.5. The summed E-state index contributed by atoms with van der Waals surface area (Å²) in [5.74, 6) is 0.658. The smallest absolute Gasteiger partial charge is 0.0634 e. The molecule has 0 aromatic rings. The third-order valence-corrected chi connectivity index (χ3v) is 3.15. The van der Waals surface area contributed by atoms with Gasteiger partial charge in [-0.05, 0) is 5.92 Å². The van der Waals surface area contributed by atoms with Gasteiger partial charge in [0.25, 0.3) is 0 Å². The van der Waals surface area contributed by atoms with Gasteiger partial charge in [-0.1, -0.05) is 13.8 Å². The second-order valence-corrected chi connectivity index (χ2v) is 4.92. The van der Waals surface area contributed by atoms with Crippen LogP contribution in [0.3, 0.4) is 0 Å². The van der Waals surface area contributed by atoms with Crippen LogP contribution in [0, 0.1) is 5.92 Å². The van der Waals surface area contributed by atoms with E-state index < -0.39 is 0 Å². The van der Waals surface area contributed by atoms with Gasteiger partial charge < -0.3 is 4.74 Å². The molecule has 3 rings (SSSR count). The van der Waals surface area contributed by atoms with Crippen LogP contribution in [0.15, 0.2) is 0 Å². The molecule has 3 heteroatoms. The fraction of sp³-hybridized carbons (Fsp3) is 1.00. The van der Waals surface area contributed by atoms with Gasteiger partial charge in [-0.15, -0.1) is 0 Å². The lowest BCUT2D eigenvalue weighted by Crippen LogP contribution is -2.62. The summed E-state index contributed by atoms with van der Waals surface area (Å²) in [5, 5.41) is 0. The van der Waals surface area contributed by atoms with Gasteiger partial charge in [0, 0.05) is 45.4 Å². The van der Waals surface area contributed by atoms with Crippen LogP contribution >= 0.6 is 0 Å². The maximum Gasteiger partial charge on any atom is 0.0634 e. The Morgan fingerprint density at radius 3 is 2.43 bits per heavy atom. The summed E-state index contributed by atoms with van der Waals surface area (Å²) in [5.41, 5.74) is 0. The first-order chi connectivity index (χ1) is 6.75. The lowest BCUT2D eigenvalue weighted by molar-refractivity contribution is -0.0334. The minimum Gasteiger partial charge on any atom is -0.380 e. The van der Waals surface area contributed by atoms with Crippen molar-refractivity contribution in [2.75, 3.05) is 45.9 Å². The van der Waals surface area contributed by atoms with E-state index in [1.165, 1.54) is 32.7 Å². The fourth-order valence-corrected chi connectivity index (χ4v) is 2.32. The van der Waals surface area contributed by atoms with Gasteiger partial charge >= 0.3 is 0 Å². The number of hydrogen-bond acceptors (Lipinski definition) is 3. The predicted octanol–water partition coefficient (Wildman–Crippen LogP) is 0.659. The summed E-state index contributed by atoms with van der Waals surface area (Å²) in [6.07, 6.45) is 0. The van der Waals surface area contributed by atoms with Crippen LogP contribution in [0.5, 0.6) is 0 Å². The van der Waals surface area contributed by atoms with Gasteiger partial charge in [0.05, 0.1) is 6.61 Å². The summed E-state index contributed by atoms with van der Waals surface area (Å²) >= 11 is 0. The summed E-state index contributed by atoms with van der Waals surface area (Å²) in [6, 6.07) is 0.663. The first-order valence-electron chi connectivity index (χ1n) is 5.80. The number of rotatable bonds is 4. The van der Waals surface area contributed by atoms with Crippen LogP contribution in [-0.4, -0.2) is 61.8 Å². The number of ether oxygens (including phenoxy) is 1. The second kappa shape index (κ2) is 4.60. The minimum absolute atomic E-state index is 0.658. The van der Waals surface area contributed by atoms with E-state index in [1.54, 1.807) is 0 Å². The van der Waals surface area contributed by atoms with Crippen LogP contribution in [0.25, 0.3) is 0 Å². The molecule has 0 amide bonds. The molecular weight excluding hydrogens is 176 g/mol.